The van der Waals surface area contributed by atoms with E-state index in [4.69, 9.17) is 9.72 Å². The standard InChI is InChI=1S/C16H20N4O/c1-17-14-10-15(20-9-8-13(11-20)21-2)19-16(18-14)12-6-4-3-5-7-12/h3-7,10,13H,8-9,11H2,1-2H3,(H,17,18,19). The van der Waals surface area contributed by atoms with E-state index in [1.54, 1.807) is 7.11 Å². The first-order chi connectivity index (χ1) is 10.3. The van der Waals surface area contributed by atoms with Crippen molar-refractivity contribution >= 4 is 11.6 Å². The van der Waals surface area contributed by atoms with Crippen molar-refractivity contribution in [3.8, 4) is 11.4 Å². The van der Waals surface area contributed by atoms with E-state index in [-0.39, 0.29) is 6.10 Å². The molecule has 1 fully saturated rings. The normalized spacial score (nSPS) is 18.0. The summed E-state index contributed by atoms with van der Waals surface area (Å²) in [7, 11) is 3.64. The van der Waals surface area contributed by atoms with Gasteiger partial charge in [0.15, 0.2) is 5.82 Å². The number of hydrogen-bond donors (Lipinski definition) is 1. The summed E-state index contributed by atoms with van der Waals surface area (Å²) in [6.07, 6.45) is 1.33. The van der Waals surface area contributed by atoms with Gasteiger partial charge in [-0.2, -0.15) is 0 Å². The van der Waals surface area contributed by atoms with E-state index in [1.165, 1.54) is 0 Å². The molecule has 1 atom stereocenters. The van der Waals surface area contributed by atoms with Gasteiger partial charge in [-0.25, -0.2) is 9.97 Å². The highest BCUT2D eigenvalue weighted by atomic mass is 16.5. The van der Waals surface area contributed by atoms with Gasteiger partial charge in [-0.15, -0.1) is 0 Å². The molecular formula is C16H20N4O. The Morgan fingerprint density at radius 1 is 1.24 bits per heavy atom. The zero-order chi connectivity index (χ0) is 14.7. The minimum absolute atomic E-state index is 0.290. The topological polar surface area (TPSA) is 50.3 Å². The first-order valence-electron chi connectivity index (χ1n) is 7.20. The summed E-state index contributed by atoms with van der Waals surface area (Å²) in [6.45, 7) is 1.85. The van der Waals surface area contributed by atoms with Crippen LogP contribution in [0.25, 0.3) is 11.4 Å². The molecule has 0 amide bonds. The van der Waals surface area contributed by atoms with Crippen molar-refractivity contribution in [1.82, 2.24) is 9.97 Å². The van der Waals surface area contributed by atoms with Crippen LogP contribution in [0.4, 0.5) is 11.6 Å². The largest absolute Gasteiger partial charge is 0.380 e. The van der Waals surface area contributed by atoms with Crippen LogP contribution < -0.4 is 10.2 Å². The van der Waals surface area contributed by atoms with Crippen molar-refractivity contribution in [1.29, 1.82) is 0 Å². The van der Waals surface area contributed by atoms with Gasteiger partial charge >= 0.3 is 0 Å². The van der Waals surface area contributed by atoms with Gasteiger partial charge in [-0.05, 0) is 6.42 Å². The molecule has 0 bridgehead atoms. The second-order valence-corrected chi connectivity index (χ2v) is 5.14. The molecule has 0 radical (unpaired) electrons. The van der Waals surface area contributed by atoms with E-state index in [9.17, 15) is 0 Å². The molecule has 5 heteroatoms. The molecule has 5 nitrogen and oxygen atoms in total. The third-order valence-corrected chi connectivity index (χ3v) is 3.80. The Morgan fingerprint density at radius 2 is 2.05 bits per heavy atom. The molecule has 1 saturated heterocycles. The molecule has 3 rings (SSSR count). The molecule has 1 aromatic heterocycles. The van der Waals surface area contributed by atoms with Gasteiger partial charge < -0.3 is 15.0 Å². The van der Waals surface area contributed by atoms with Gasteiger partial charge in [-0.3, -0.25) is 0 Å². The predicted octanol–water partition coefficient (Wildman–Crippen LogP) is 2.41. The van der Waals surface area contributed by atoms with Crippen molar-refractivity contribution in [2.24, 2.45) is 0 Å². The molecule has 2 heterocycles. The van der Waals surface area contributed by atoms with Crippen LogP contribution in [0.15, 0.2) is 36.4 Å². The highest BCUT2D eigenvalue weighted by Gasteiger charge is 2.24. The fourth-order valence-corrected chi connectivity index (χ4v) is 2.57. The average Bonchev–Trinajstić information content (AvgIpc) is 3.04. The Labute approximate surface area is 125 Å². The van der Waals surface area contributed by atoms with Gasteiger partial charge in [0, 0.05) is 38.9 Å². The first kappa shape index (κ1) is 13.8. The molecule has 1 aliphatic rings. The summed E-state index contributed by atoms with van der Waals surface area (Å²) in [6, 6.07) is 12.0. The van der Waals surface area contributed by atoms with Gasteiger partial charge in [0.25, 0.3) is 0 Å². The Balaban J connectivity index is 1.94. The van der Waals surface area contributed by atoms with E-state index >= 15 is 0 Å². The maximum absolute atomic E-state index is 5.43. The highest BCUT2D eigenvalue weighted by molar-refractivity contribution is 5.61. The molecule has 0 spiro atoms. The molecule has 1 unspecified atom stereocenters. The van der Waals surface area contributed by atoms with E-state index in [0.717, 1.165) is 42.5 Å². The second-order valence-electron chi connectivity index (χ2n) is 5.14. The SMILES string of the molecule is CNc1cc(N2CCC(OC)C2)nc(-c2ccccc2)n1. The van der Waals surface area contributed by atoms with E-state index in [0.29, 0.717) is 0 Å². The quantitative estimate of drug-likeness (QED) is 0.934. The molecule has 1 aromatic carbocycles. The number of methoxy groups -OCH3 is 1. The number of anilines is 2. The summed E-state index contributed by atoms with van der Waals surface area (Å²) in [4.78, 5) is 11.5. The summed E-state index contributed by atoms with van der Waals surface area (Å²) in [5.74, 6) is 2.53. The number of aromatic nitrogens is 2. The van der Waals surface area contributed by atoms with Crippen LogP contribution in [0.3, 0.4) is 0 Å². The number of benzene rings is 1. The van der Waals surface area contributed by atoms with E-state index in [2.05, 4.69) is 15.2 Å². The predicted molar refractivity (Wildman–Crippen MR) is 84.6 cm³/mol. The van der Waals surface area contributed by atoms with Crippen LogP contribution in [-0.4, -0.2) is 43.3 Å². The zero-order valence-electron chi connectivity index (χ0n) is 12.4. The van der Waals surface area contributed by atoms with Gasteiger partial charge in [0.05, 0.1) is 6.10 Å². The van der Waals surface area contributed by atoms with Crippen LogP contribution in [0.2, 0.25) is 0 Å². The maximum Gasteiger partial charge on any atom is 0.163 e. The summed E-state index contributed by atoms with van der Waals surface area (Å²) in [5, 5.41) is 3.12. The van der Waals surface area contributed by atoms with E-state index < -0.39 is 0 Å². The van der Waals surface area contributed by atoms with Crippen molar-refractivity contribution in [2.45, 2.75) is 12.5 Å². The summed E-state index contributed by atoms with van der Waals surface area (Å²) >= 11 is 0. The average molecular weight is 284 g/mol. The van der Waals surface area contributed by atoms with Crippen molar-refractivity contribution in [2.75, 3.05) is 37.5 Å². The lowest BCUT2D eigenvalue weighted by molar-refractivity contribution is 0.121. The summed E-state index contributed by atoms with van der Waals surface area (Å²) in [5.41, 5.74) is 1.03. The Bertz CT molecular complexity index is 602. The molecule has 0 aliphatic carbocycles. The summed E-state index contributed by atoms with van der Waals surface area (Å²) < 4.78 is 5.43. The number of nitrogens with one attached hydrogen (secondary N) is 1. The maximum atomic E-state index is 5.43. The van der Waals surface area contributed by atoms with E-state index in [1.807, 2.05) is 43.4 Å². The molecule has 1 N–H and O–H groups in total. The van der Waals surface area contributed by atoms with Crippen molar-refractivity contribution in [3.05, 3.63) is 36.4 Å². The monoisotopic (exact) mass is 284 g/mol. The van der Waals surface area contributed by atoms with Crippen molar-refractivity contribution in [3.63, 3.8) is 0 Å². The van der Waals surface area contributed by atoms with Gasteiger partial charge in [0.2, 0.25) is 0 Å². The molecule has 2 aromatic rings. The smallest absolute Gasteiger partial charge is 0.163 e. The third kappa shape index (κ3) is 2.97. The fraction of sp³-hybridized carbons (Fsp3) is 0.375. The lowest BCUT2D eigenvalue weighted by Gasteiger charge is -2.18. The minimum Gasteiger partial charge on any atom is -0.380 e. The Hall–Kier alpha value is -2.14. The minimum atomic E-state index is 0.290. The lowest BCUT2D eigenvalue weighted by atomic mass is 10.2. The van der Waals surface area contributed by atoms with Gasteiger partial charge in [-0.1, -0.05) is 30.3 Å². The first-order valence-corrected chi connectivity index (χ1v) is 7.20. The molecule has 110 valence electrons. The molecule has 21 heavy (non-hydrogen) atoms. The van der Waals surface area contributed by atoms with Gasteiger partial charge in [0.1, 0.15) is 11.6 Å². The third-order valence-electron chi connectivity index (χ3n) is 3.80. The Morgan fingerprint density at radius 3 is 2.71 bits per heavy atom. The van der Waals surface area contributed by atoms with Crippen LogP contribution in [0, 0.1) is 0 Å². The number of nitrogens with zero attached hydrogens (tertiary/aromatic N) is 3. The zero-order valence-corrected chi connectivity index (χ0v) is 12.4. The van der Waals surface area contributed by atoms with Crippen LogP contribution in [0.5, 0.6) is 0 Å². The second kappa shape index (κ2) is 6.10. The lowest BCUT2D eigenvalue weighted by Crippen LogP contribution is -2.23. The number of rotatable bonds is 4. The molecular weight excluding hydrogens is 264 g/mol. The fourth-order valence-electron chi connectivity index (χ4n) is 2.57. The van der Waals surface area contributed by atoms with Crippen molar-refractivity contribution < 1.29 is 4.74 Å². The van der Waals surface area contributed by atoms with Crippen LogP contribution in [0.1, 0.15) is 6.42 Å². The number of hydrogen-bond acceptors (Lipinski definition) is 5. The van der Waals surface area contributed by atoms with Crippen LogP contribution in [-0.2, 0) is 4.74 Å². The Kier molecular flexibility index (Phi) is 4.01. The highest BCUT2D eigenvalue weighted by Crippen LogP contribution is 2.25. The van der Waals surface area contributed by atoms with Crippen LogP contribution >= 0.6 is 0 Å². The molecule has 1 aliphatic heterocycles. The number of ether oxygens (including phenoxy) is 1. The molecule has 0 saturated carbocycles.